The molecule has 0 amide bonds. The number of thioether (sulfide) groups is 3. The molecule has 0 aromatic heterocycles. The van der Waals surface area contributed by atoms with Crippen LogP contribution in [0.15, 0.2) is 106 Å². The molecule has 0 unspecified atom stereocenters. The maximum Gasteiger partial charge on any atom is 0.0742 e. The molecule has 0 radical (unpaired) electrons. The van der Waals surface area contributed by atoms with Crippen molar-refractivity contribution in [3.63, 3.8) is 0 Å². The second kappa shape index (κ2) is 11.7. The second-order valence-corrected chi connectivity index (χ2v) is 13.0. The number of hydrogen-bond donors (Lipinski definition) is 1. The molecule has 1 nitrogen and oxygen atoms in total. The van der Waals surface area contributed by atoms with E-state index in [0.717, 1.165) is 12.8 Å². The average molecular weight is 483 g/mol. The first-order valence-corrected chi connectivity index (χ1v) is 13.8. The molecule has 0 bridgehead atoms. The summed E-state index contributed by atoms with van der Waals surface area (Å²) in [6.07, 6.45) is 2.13. The highest BCUT2D eigenvalue weighted by Crippen LogP contribution is 2.57. The van der Waals surface area contributed by atoms with E-state index >= 15 is 0 Å². The van der Waals surface area contributed by atoms with Crippen LogP contribution in [0.1, 0.15) is 40.5 Å². The quantitative estimate of drug-likeness (QED) is 0.218. The standard InChI is InChI=1S/C28H34OS3/c1-5-21-28(31-24-17-11-7-12-18-24,32-25-19-13-8-14-20-25)22(2)26(27(3,4)29)30-23-15-9-6-10-16-23/h6-20,22,26,29H,5,21H2,1-4H3/t22-,26-/m1/s1. The van der Waals surface area contributed by atoms with Crippen LogP contribution in [-0.4, -0.2) is 20.0 Å². The molecule has 3 rings (SSSR count). The van der Waals surface area contributed by atoms with E-state index in [1.165, 1.54) is 14.7 Å². The molecule has 3 aromatic rings. The molecule has 0 spiro atoms. The molecular formula is C28H34OS3. The molecule has 3 aromatic carbocycles. The van der Waals surface area contributed by atoms with E-state index in [1.807, 2.05) is 43.4 Å². The smallest absolute Gasteiger partial charge is 0.0742 e. The van der Waals surface area contributed by atoms with Crippen molar-refractivity contribution in [1.82, 2.24) is 0 Å². The van der Waals surface area contributed by atoms with Crippen LogP contribution in [-0.2, 0) is 0 Å². The highest BCUT2D eigenvalue weighted by atomic mass is 32.2. The van der Waals surface area contributed by atoms with Gasteiger partial charge in [-0.05, 0) is 62.6 Å². The van der Waals surface area contributed by atoms with Crippen LogP contribution in [0.5, 0.6) is 0 Å². The Labute approximate surface area is 206 Å². The average Bonchev–Trinajstić information content (AvgIpc) is 2.78. The summed E-state index contributed by atoms with van der Waals surface area (Å²) in [6.45, 7) is 8.52. The summed E-state index contributed by atoms with van der Waals surface area (Å²) in [7, 11) is 0. The van der Waals surface area contributed by atoms with Crippen molar-refractivity contribution >= 4 is 35.3 Å². The molecule has 0 aliphatic rings. The van der Waals surface area contributed by atoms with Crippen LogP contribution < -0.4 is 0 Å². The van der Waals surface area contributed by atoms with Gasteiger partial charge in [-0.2, -0.15) is 0 Å². The first-order valence-electron chi connectivity index (χ1n) is 11.3. The number of hydrogen-bond acceptors (Lipinski definition) is 4. The van der Waals surface area contributed by atoms with E-state index in [1.54, 1.807) is 11.8 Å². The minimum absolute atomic E-state index is 0.0314. The van der Waals surface area contributed by atoms with Gasteiger partial charge in [0.15, 0.2) is 0 Å². The number of rotatable bonds is 11. The normalized spacial score (nSPS) is 14.2. The zero-order chi connectivity index (χ0) is 23.0. The van der Waals surface area contributed by atoms with Gasteiger partial charge in [0.05, 0.1) is 9.68 Å². The molecule has 0 fully saturated rings. The second-order valence-electron chi connectivity index (χ2n) is 8.69. The molecule has 0 aliphatic heterocycles. The summed E-state index contributed by atoms with van der Waals surface area (Å²) in [6, 6.07) is 31.9. The van der Waals surface area contributed by atoms with Crippen LogP contribution in [0.2, 0.25) is 0 Å². The lowest BCUT2D eigenvalue weighted by atomic mass is 9.89. The molecule has 2 atom stereocenters. The first kappa shape index (κ1) is 25.3. The van der Waals surface area contributed by atoms with Crippen LogP contribution >= 0.6 is 35.3 Å². The zero-order valence-corrected chi connectivity index (χ0v) is 21.9. The largest absolute Gasteiger partial charge is 0.389 e. The SMILES string of the molecule is CCCC(Sc1ccccc1)(Sc1ccccc1)[C@H](C)[C@@H](Sc1ccccc1)C(C)(C)O. The summed E-state index contributed by atoms with van der Waals surface area (Å²) in [5.41, 5.74) is -0.826. The molecule has 170 valence electrons. The molecule has 32 heavy (non-hydrogen) atoms. The van der Waals surface area contributed by atoms with Gasteiger partial charge in [0.1, 0.15) is 0 Å². The lowest BCUT2D eigenvalue weighted by molar-refractivity contribution is 0.0604. The van der Waals surface area contributed by atoms with Crippen LogP contribution in [0.25, 0.3) is 0 Å². The predicted molar refractivity (Wildman–Crippen MR) is 144 cm³/mol. The lowest BCUT2D eigenvalue weighted by Gasteiger charge is -2.45. The zero-order valence-electron chi connectivity index (χ0n) is 19.4. The first-order chi connectivity index (χ1) is 15.3. The summed E-state index contributed by atoms with van der Waals surface area (Å²) in [4.78, 5) is 3.75. The Morgan fingerprint density at radius 2 is 1.12 bits per heavy atom. The van der Waals surface area contributed by atoms with Gasteiger partial charge in [-0.1, -0.05) is 74.9 Å². The van der Waals surface area contributed by atoms with Gasteiger partial charge in [0.2, 0.25) is 0 Å². The van der Waals surface area contributed by atoms with Gasteiger partial charge < -0.3 is 5.11 Å². The summed E-state index contributed by atoms with van der Waals surface area (Å²) >= 11 is 5.72. The van der Waals surface area contributed by atoms with Gasteiger partial charge in [0.25, 0.3) is 0 Å². The van der Waals surface area contributed by atoms with Crippen LogP contribution in [0.3, 0.4) is 0 Å². The molecule has 4 heteroatoms. The van der Waals surface area contributed by atoms with Crippen molar-refractivity contribution < 1.29 is 5.11 Å². The van der Waals surface area contributed by atoms with E-state index in [2.05, 4.69) is 98.8 Å². The van der Waals surface area contributed by atoms with Crippen LogP contribution in [0.4, 0.5) is 0 Å². The van der Waals surface area contributed by atoms with Crippen molar-refractivity contribution in [2.45, 2.75) is 70.2 Å². The highest BCUT2D eigenvalue weighted by molar-refractivity contribution is 8.18. The van der Waals surface area contributed by atoms with Crippen molar-refractivity contribution in [3.8, 4) is 0 Å². The summed E-state index contributed by atoms with van der Waals surface area (Å²) in [5.74, 6) is 0.225. The van der Waals surface area contributed by atoms with Gasteiger partial charge in [-0.15, -0.1) is 35.3 Å². The number of aliphatic hydroxyl groups is 1. The van der Waals surface area contributed by atoms with Crippen molar-refractivity contribution in [3.05, 3.63) is 91.0 Å². The van der Waals surface area contributed by atoms with Gasteiger partial charge in [-0.25, -0.2) is 0 Å². The molecule has 0 aliphatic carbocycles. The fourth-order valence-electron chi connectivity index (χ4n) is 4.00. The Morgan fingerprint density at radius 1 is 0.719 bits per heavy atom. The monoisotopic (exact) mass is 482 g/mol. The third-order valence-corrected chi connectivity index (χ3v) is 10.7. The summed E-state index contributed by atoms with van der Waals surface area (Å²) in [5, 5.41) is 11.4. The van der Waals surface area contributed by atoms with E-state index < -0.39 is 5.60 Å². The van der Waals surface area contributed by atoms with E-state index in [0.29, 0.717) is 0 Å². The van der Waals surface area contributed by atoms with Crippen molar-refractivity contribution in [1.29, 1.82) is 0 Å². The van der Waals surface area contributed by atoms with E-state index in [4.69, 9.17) is 0 Å². The van der Waals surface area contributed by atoms with Gasteiger partial charge in [-0.3, -0.25) is 0 Å². The Kier molecular flexibility index (Phi) is 9.24. The Balaban J connectivity index is 2.04. The molecule has 0 saturated carbocycles. The van der Waals surface area contributed by atoms with Crippen molar-refractivity contribution in [2.24, 2.45) is 5.92 Å². The lowest BCUT2D eigenvalue weighted by Crippen LogP contribution is -2.46. The Hall–Kier alpha value is -1.33. The van der Waals surface area contributed by atoms with Gasteiger partial charge >= 0.3 is 0 Å². The Bertz CT molecular complexity index is 882. The maximum absolute atomic E-state index is 11.3. The fraction of sp³-hybridized carbons (Fsp3) is 0.357. The molecule has 0 saturated heterocycles. The minimum atomic E-state index is -0.826. The minimum Gasteiger partial charge on any atom is -0.389 e. The van der Waals surface area contributed by atoms with Crippen molar-refractivity contribution in [2.75, 3.05) is 0 Å². The van der Waals surface area contributed by atoms with E-state index in [9.17, 15) is 5.11 Å². The highest BCUT2D eigenvalue weighted by Gasteiger charge is 2.46. The predicted octanol–water partition coefficient (Wildman–Crippen LogP) is 8.64. The topological polar surface area (TPSA) is 20.2 Å². The molecular weight excluding hydrogens is 449 g/mol. The maximum atomic E-state index is 11.3. The van der Waals surface area contributed by atoms with Crippen LogP contribution in [0, 0.1) is 5.92 Å². The number of benzene rings is 3. The molecule has 0 heterocycles. The Morgan fingerprint density at radius 3 is 1.50 bits per heavy atom. The van der Waals surface area contributed by atoms with Gasteiger partial charge in [0, 0.05) is 19.9 Å². The molecule has 1 N–H and O–H groups in total. The summed E-state index contributed by atoms with van der Waals surface area (Å²) < 4.78 is -0.121. The fourth-order valence-corrected chi connectivity index (χ4v) is 8.88. The third-order valence-electron chi connectivity index (χ3n) is 5.52. The van der Waals surface area contributed by atoms with E-state index in [-0.39, 0.29) is 15.2 Å². The third kappa shape index (κ3) is 6.84.